The van der Waals surface area contributed by atoms with E-state index >= 15 is 0 Å². The second-order valence-electron chi connectivity index (χ2n) is 8.10. The molecule has 5 rings (SSSR count). The Morgan fingerprint density at radius 2 is 1.47 bits per heavy atom. The average Bonchev–Trinajstić information content (AvgIpc) is 3.32. The van der Waals surface area contributed by atoms with Crippen molar-refractivity contribution >= 4 is 11.7 Å². The average molecular weight is 463 g/mol. The van der Waals surface area contributed by atoms with E-state index in [1.165, 1.54) is 0 Å². The van der Waals surface area contributed by atoms with E-state index in [-0.39, 0.29) is 18.9 Å². The van der Waals surface area contributed by atoms with E-state index in [1.807, 2.05) is 42.5 Å². The molecular formula is C26H26N2O6. The van der Waals surface area contributed by atoms with E-state index in [2.05, 4.69) is 10.6 Å². The first kappa shape index (κ1) is 21.8. The first-order valence-corrected chi connectivity index (χ1v) is 11.1. The quantitative estimate of drug-likeness (QED) is 0.548. The van der Waals surface area contributed by atoms with Gasteiger partial charge in [0.15, 0.2) is 23.0 Å². The van der Waals surface area contributed by atoms with E-state index in [9.17, 15) is 4.79 Å². The van der Waals surface area contributed by atoms with Gasteiger partial charge in [-0.05, 0) is 60.4 Å². The fraction of sp³-hybridized carbons (Fsp3) is 0.269. The van der Waals surface area contributed by atoms with Gasteiger partial charge in [-0.2, -0.15) is 0 Å². The maximum atomic E-state index is 12.9. The molecule has 3 aromatic rings. The standard InChI is InChI=1S/C26H26N2O6/c1-30-21-6-2-17(3-7-21)12-20(13-18-4-8-23-24(14-18)34-16-33-23)28-26(29)27-19-5-9-22-25(15-19)32-11-10-31-22/h2-9,14-15,20H,10-13,16H2,1H3,(H2,27,28,29)/t20-/m1/s1. The first-order chi connectivity index (χ1) is 16.7. The summed E-state index contributed by atoms with van der Waals surface area (Å²) in [5.41, 5.74) is 2.77. The van der Waals surface area contributed by atoms with E-state index in [0.717, 1.165) is 28.4 Å². The lowest BCUT2D eigenvalue weighted by atomic mass is 9.98. The number of benzene rings is 3. The Morgan fingerprint density at radius 1 is 0.824 bits per heavy atom. The molecule has 34 heavy (non-hydrogen) atoms. The van der Waals surface area contributed by atoms with Crippen molar-refractivity contribution in [1.82, 2.24) is 5.32 Å². The number of fused-ring (bicyclic) bond motifs is 2. The van der Waals surface area contributed by atoms with Gasteiger partial charge in [0.1, 0.15) is 19.0 Å². The van der Waals surface area contributed by atoms with Crippen molar-refractivity contribution in [2.24, 2.45) is 0 Å². The maximum absolute atomic E-state index is 12.9. The number of anilines is 1. The summed E-state index contributed by atoms with van der Waals surface area (Å²) >= 11 is 0. The number of amides is 2. The topological polar surface area (TPSA) is 87.3 Å². The van der Waals surface area contributed by atoms with Crippen LogP contribution in [0.25, 0.3) is 0 Å². The molecule has 0 fully saturated rings. The molecule has 176 valence electrons. The number of methoxy groups -OCH3 is 1. The summed E-state index contributed by atoms with van der Waals surface area (Å²) in [5, 5.41) is 6.02. The van der Waals surface area contributed by atoms with Crippen LogP contribution in [0.1, 0.15) is 11.1 Å². The zero-order chi connectivity index (χ0) is 23.3. The molecule has 2 N–H and O–H groups in total. The minimum atomic E-state index is -0.295. The maximum Gasteiger partial charge on any atom is 0.319 e. The second kappa shape index (κ2) is 9.82. The number of hydrogen-bond donors (Lipinski definition) is 2. The van der Waals surface area contributed by atoms with Crippen LogP contribution in [0.2, 0.25) is 0 Å². The van der Waals surface area contributed by atoms with E-state index < -0.39 is 0 Å². The number of hydrogen-bond acceptors (Lipinski definition) is 6. The molecule has 2 aliphatic rings. The molecular weight excluding hydrogens is 436 g/mol. The minimum absolute atomic E-state index is 0.161. The SMILES string of the molecule is COc1ccc(C[C@H](Cc2ccc3c(c2)OCO3)NC(=O)Nc2ccc3c(c2)OCCO3)cc1. The zero-order valence-electron chi connectivity index (χ0n) is 18.8. The second-order valence-corrected chi connectivity index (χ2v) is 8.10. The van der Waals surface area contributed by atoms with Crippen molar-refractivity contribution in [3.05, 3.63) is 71.8 Å². The number of rotatable bonds is 7. The van der Waals surface area contributed by atoms with Crippen LogP contribution in [0.15, 0.2) is 60.7 Å². The van der Waals surface area contributed by atoms with E-state index in [1.54, 1.807) is 25.3 Å². The Hall–Kier alpha value is -4.07. The number of carbonyl (C=O) groups is 1. The third kappa shape index (κ3) is 5.11. The minimum Gasteiger partial charge on any atom is -0.497 e. The van der Waals surface area contributed by atoms with Crippen LogP contribution in [0, 0.1) is 0 Å². The van der Waals surface area contributed by atoms with Gasteiger partial charge >= 0.3 is 6.03 Å². The van der Waals surface area contributed by atoms with Gasteiger partial charge < -0.3 is 34.3 Å². The van der Waals surface area contributed by atoms with Crippen LogP contribution in [-0.2, 0) is 12.8 Å². The number of ether oxygens (including phenoxy) is 5. The Bertz CT molecular complexity index is 1160. The molecule has 0 unspecified atom stereocenters. The first-order valence-electron chi connectivity index (χ1n) is 11.1. The monoisotopic (exact) mass is 462 g/mol. The Balaban J connectivity index is 1.30. The Labute approximate surface area is 197 Å². The summed E-state index contributed by atoms with van der Waals surface area (Å²) in [6.45, 7) is 1.24. The highest BCUT2D eigenvalue weighted by Gasteiger charge is 2.19. The summed E-state index contributed by atoms with van der Waals surface area (Å²) in [7, 11) is 1.64. The third-order valence-electron chi connectivity index (χ3n) is 5.70. The molecule has 0 spiro atoms. The fourth-order valence-corrected chi connectivity index (χ4v) is 4.05. The van der Waals surface area contributed by atoms with Crippen molar-refractivity contribution in [3.8, 4) is 28.7 Å². The van der Waals surface area contributed by atoms with Crippen LogP contribution < -0.4 is 34.3 Å². The van der Waals surface area contributed by atoms with Crippen molar-refractivity contribution < 1.29 is 28.5 Å². The highest BCUT2D eigenvalue weighted by molar-refractivity contribution is 5.90. The Morgan fingerprint density at radius 3 is 2.29 bits per heavy atom. The molecule has 2 amide bonds. The summed E-state index contributed by atoms with van der Waals surface area (Å²) < 4.78 is 27.3. The van der Waals surface area contributed by atoms with Crippen LogP contribution in [0.5, 0.6) is 28.7 Å². The molecule has 2 aliphatic heterocycles. The van der Waals surface area contributed by atoms with Crippen LogP contribution in [0.4, 0.5) is 10.5 Å². The molecule has 0 saturated heterocycles. The molecule has 3 aromatic carbocycles. The molecule has 0 saturated carbocycles. The lowest BCUT2D eigenvalue weighted by Crippen LogP contribution is -2.40. The van der Waals surface area contributed by atoms with Crippen LogP contribution in [-0.4, -0.2) is 39.2 Å². The van der Waals surface area contributed by atoms with Gasteiger partial charge in [0.25, 0.3) is 0 Å². The molecule has 8 nitrogen and oxygen atoms in total. The van der Waals surface area contributed by atoms with Crippen molar-refractivity contribution in [2.75, 3.05) is 32.4 Å². The smallest absolute Gasteiger partial charge is 0.319 e. The van der Waals surface area contributed by atoms with Gasteiger partial charge in [-0.1, -0.05) is 18.2 Å². The molecule has 0 bridgehead atoms. The predicted octanol–water partition coefficient (Wildman–Crippen LogP) is 4.17. The van der Waals surface area contributed by atoms with Crippen molar-refractivity contribution in [1.29, 1.82) is 0 Å². The van der Waals surface area contributed by atoms with Gasteiger partial charge in [-0.25, -0.2) is 4.79 Å². The number of carbonyl (C=O) groups excluding carboxylic acids is 1. The van der Waals surface area contributed by atoms with Crippen molar-refractivity contribution in [2.45, 2.75) is 18.9 Å². The normalized spacial score (nSPS) is 14.3. The predicted molar refractivity (Wildman–Crippen MR) is 126 cm³/mol. The molecule has 8 heteroatoms. The molecule has 0 radical (unpaired) electrons. The number of nitrogens with one attached hydrogen (secondary N) is 2. The van der Waals surface area contributed by atoms with E-state index in [4.69, 9.17) is 23.7 Å². The van der Waals surface area contributed by atoms with E-state index in [0.29, 0.717) is 43.2 Å². The molecule has 0 aliphatic carbocycles. The molecule has 1 atom stereocenters. The lowest BCUT2D eigenvalue weighted by Gasteiger charge is -2.21. The molecule has 2 heterocycles. The highest BCUT2D eigenvalue weighted by Crippen LogP contribution is 2.34. The van der Waals surface area contributed by atoms with Gasteiger partial charge in [-0.15, -0.1) is 0 Å². The van der Waals surface area contributed by atoms with Gasteiger partial charge in [-0.3, -0.25) is 0 Å². The van der Waals surface area contributed by atoms with Crippen LogP contribution >= 0.6 is 0 Å². The largest absolute Gasteiger partial charge is 0.497 e. The highest BCUT2D eigenvalue weighted by atomic mass is 16.7. The third-order valence-corrected chi connectivity index (χ3v) is 5.70. The fourth-order valence-electron chi connectivity index (χ4n) is 4.05. The van der Waals surface area contributed by atoms with Gasteiger partial charge in [0.05, 0.1) is 7.11 Å². The van der Waals surface area contributed by atoms with Crippen molar-refractivity contribution in [3.63, 3.8) is 0 Å². The van der Waals surface area contributed by atoms with Crippen LogP contribution in [0.3, 0.4) is 0 Å². The Kier molecular flexibility index (Phi) is 6.29. The summed E-state index contributed by atoms with van der Waals surface area (Å²) in [4.78, 5) is 12.9. The van der Waals surface area contributed by atoms with Gasteiger partial charge in [0, 0.05) is 17.8 Å². The van der Waals surface area contributed by atoms with Gasteiger partial charge in [0.2, 0.25) is 6.79 Å². The lowest BCUT2D eigenvalue weighted by molar-refractivity contribution is 0.171. The summed E-state index contributed by atoms with van der Waals surface area (Å²) in [6.07, 6.45) is 1.27. The summed E-state index contributed by atoms with van der Waals surface area (Å²) in [5.74, 6) is 3.55. The molecule has 0 aromatic heterocycles. The summed E-state index contributed by atoms with van der Waals surface area (Å²) in [6, 6.07) is 18.6. The number of urea groups is 1. The zero-order valence-corrected chi connectivity index (χ0v) is 18.8.